The first-order chi connectivity index (χ1) is 13.0. The molecule has 2 aromatic carbocycles. The van der Waals surface area contributed by atoms with E-state index in [0.29, 0.717) is 13.1 Å². The molecule has 140 valence electrons. The number of benzene rings is 2. The van der Waals surface area contributed by atoms with E-state index in [1.54, 1.807) is 4.90 Å². The number of esters is 1. The second-order valence-electron chi connectivity index (χ2n) is 6.16. The van der Waals surface area contributed by atoms with E-state index in [-0.39, 0.29) is 11.5 Å². The normalized spacial score (nSPS) is 12.9. The first kappa shape index (κ1) is 18.6. The van der Waals surface area contributed by atoms with Crippen LogP contribution in [0.15, 0.2) is 48.5 Å². The Bertz CT molecular complexity index is 869. The minimum absolute atomic E-state index is 0.159. The lowest BCUT2D eigenvalue weighted by molar-refractivity contribution is -0.151. The van der Waals surface area contributed by atoms with Gasteiger partial charge in [-0.15, -0.1) is 0 Å². The Hall–Kier alpha value is -3.22. The topological polar surface area (TPSA) is 75.7 Å². The molecule has 2 amide bonds. The molecule has 2 aromatic rings. The Labute approximate surface area is 155 Å². The molecular formula is C20H19FN2O4. The zero-order valence-corrected chi connectivity index (χ0v) is 14.6. The van der Waals surface area contributed by atoms with E-state index >= 15 is 0 Å². The van der Waals surface area contributed by atoms with Crippen molar-refractivity contribution in [1.82, 2.24) is 10.2 Å². The van der Waals surface area contributed by atoms with Crippen LogP contribution in [-0.2, 0) is 27.3 Å². The van der Waals surface area contributed by atoms with Crippen LogP contribution in [0, 0.1) is 5.82 Å². The van der Waals surface area contributed by atoms with Crippen LogP contribution in [0.5, 0.6) is 0 Å². The van der Waals surface area contributed by atoms with Gasteiger partial charge in [0, 0.05) is 13.1 Å². The highest BCUT2D eigenvalue weighted by atomic mass is 19.1. The molecule has 0 aliphatic carbocycles. The van der Waals surface area contributed by atoms with Crippen molar-refractivity contribution in [3.05, 3.63) is 71.0 Å². The predicted molar refractivity (Wildman–Crippen MR) is 95.3 cm³/mol. The zero-order chi connectivity index (χ0) is 19.2. The van der Waals surface area contributed by atoms with Crippen molar-refractivity contribution in [3.8, 4) is 0 Å². The Kier molecular flexibility index (Phi) is 5.80. The van der Waals surface area contributed by atoms with Crippen molar-refractivity contribution >= 4 is 17.8 Å². The molecule has 0 aromatic heterocycles. The summed E-state index contributed by atoms with van der Waals surface area (Å²) in [4.78, 5) is 37.4. The van der Waals surface area contributed by atoms with Gasteiger partial charge in [0.1, 0.15) is 12.4 Å². The number of carbonyl (C=O) groups is 3. The number of ether oxygens (including phenoxy) is 1. The third-order valence-electron chi connectivity index (χ3n) is 4.35. The average molecular weight is 370 g/mol. The van der Waals surface area contributed by atoms with Crippen molar-refractivity contribution in [3.63, 3.8) is 0 Å². The maximum atomic E-state index is 13.5. The lowest BCUT2D eigenvalue weighted by Crippen LogP contribution is -2.39. The van der Waals surface area contributed by atoms with Gasteiger partial charge in [-0.2, -0.15) is 0 Å². The predicted octanol–water partition coefficient (Wildman–Crippen LogP) is 1.68. The van der Waals surface area contributed by atoms with Crippen LogP contribution >= 0.6 is 0 Å². The van der Waals surface area contributed by atoms with Crippen LogP contribution in [0.2, 0.25) is 0 Å². The maximum Gasteiger partial charge on any atom is 0.325 e. The molecule has 0 spiro atoms. The number of fused-ring (bicyclic) bond motifs is 1. The number of nitrogens with zero attached hydrogens (tertiary/aromatic N) is 1. The molecule has 0 saturated carbocycles. The van der Waals surface area contributed by atoms with Crippen LogP contribution < -0.4 is 5.32 Å². The second kappa shape index (κ2) is 8.44. The first-order valence-corrected chi connectivity index (χ1v) is 8.57. The summed E-state index contributed by atoms with van der Waals surface area (Å²) in [5, 5.41) is 2.28. The van der Waals surface area contributed by atoms with Gasteiger partial charge in [0.05, 0.1) is 5.56 Å². The number of halogens is 1. The molecule has 6 nitrogen and oxygen atoms in total. The summed E-state index contributed by atoms with van der Waals surface area (Å²) >= 11 is 0. The number of rotatable bonds is 5. The van der Waals surface area contributed by atoms with Gasteiger partial charge >= 0.3 is 5.97 Å². The molecular weight excluding hydrogens is 351 g/mol. The number of carbonyl (C=O) groups excluding carboxylic acids is 3. The molecule has 1 N–H and O–H groups in total. The summed E-state index contributed by atoms with van der Waals surface area (Å²) in [7, 11) is 0. The third-order valence-corrected chi connectivity index (χ3v) is 4.35. The Morgan fingerprint density at radius 1 is 1.04 bits per heavy atom. The van der Waals surface area contributed by atoms with Crippen molar-refractivity contribution in [1.29, 1.82) is 0 Å². The van der Waals surface area contributed by atoms with Crippen LogP contribution in [0.3, 0.4) is 0 Å². The van der Waals surface area contributed by atoms with Gasteiger partial charge in [0.2, 0.25) is 0 Å². The van der Waals surface area contributed by atoms with Crippen molar-refractivity contribution in [2.24, 2.45) is 0 Å². The summed E-state index contributed by atoms with van der Waals surface area (Å²) in [6.45, 7) is 0.216. The lowest BCUT2D eigenvalue weighted by atomic mass is 10.00. The highest BCUT2D eigenvalue weighted by molar-refractivity contribution is 5.96. The molecule has 1 aliphatic heterocycles. The molecule has 0 bridgehead atoms. The summed E-state index contributed by atoms with van der Waals surface area (Å²) in [6.07, 6.45) is 0.758. The fourth-order valence-electron chi connectivity index (χ4n) is 2.89. The highest BCUT2D eigenvalue weighted by Gasteiger charge is 2.21. The number of nitrogens with one attached hydrogen (secondary N) is 1. The fraction of sp³-hybridized carbons (Fsp3) is 0.250. The SMILES string of the molecule is O=C(CNC(=O)c1ccccc1F)OCC(=O)N1CCc2ccccc2C1. The van der Waals surface area contributed by atoms with Gasteiger partial charge in [-0.25, -0.2) is 4.39 Å². The van der Waals surface area contributed by atoms with E-state index in [9.17, 15) is 18.8 Å². The van der Waals surface area contributed by atoms with Crippen molar-refractivity contribution in [2.45, 2.75) is 13.0 Å². The van der Waals surface area contributed by atoms with Crippen molar-refractivity contribution < 1.29 is 23.5 Å². The van der Waals surface area contributed by atoms with Gasteiger partial charge in [-0.05, 0) is 29.7 Å². The molecule has 3 rings (SSSR count). The molecule has 1 aliphatic rings. The number of hydrogen-bond acceptors (Lipinski definition) is 4. The first-order valence-electron chi connectivity index (χ1n) is 8.57. The number of amides is 2. The van der Waals surface area contributed by atoms with Crippen LogP contribution in [0.4, 0.5) is 4.39 Å². The molecule has 0 radical (unpaired) electrons. The summed E-state index contributed by atoms with van der Waals surface area (Å²) in [5.74, 6) is -2.45. The molecule has 0 fully saturated rings. The van der Waals surface area contributed by atoms with E-state index in [1.807, 2.05) is 24.3 Å². The monoisotopic (exact) mass is 370 g/mol. The molecule has 0 unspecified atom stereocenters. The largest absolute Gasteiger partial charge is 0.454 e. The van der Waals surface area contributed by atoms with E-state index in [0.717, 1.165) is 18.1 Å². The minimum Gasteiger partial charge on any atom is -0.454 e. The fourth-order valence-corrected chi connectivity index (χ4v) is 2.89. The summed E-state index contributed by atoms with van der Waals surface area (Å²) < 4.78 is 18.4. The molecule has 0 atom stereocenters. The van der Waals surface area contributed by atoms with E-state index in [2.05, 4.69) is 5.32 Å². The van der Waals surface area contributed by atoms with E-state index in [1.165, 1.54) is 23.8 Å². The Balaban J connectivity index is 1.43. The third kappa shape index (κ3) is 4.69. The Morgan fingerprint density at radius 3 is 2.52 bits per heavy atom. The van der Waals surface area contributed by atoms with Gasteiger partial charge < -0.3 is 15.0 Å². The molecule has 7 heteroatoms. The molecule has 27 heavy (non-hydrogen) atoms. The quantitative estimate of drug-likeness (QED) is 0.813. The average Bonchev–Trinajstić information content (AvgIpc) is 2.70. The van der Waals surface area contributed by atoms with Crippen LogP contribution in [0.25, 0.3) is 0 Å². The minimum atomic E-state index is -0.759. The summed E-state index contributed by atoms with van der Waals surface area (Å²) in [6, 6.07) is 13.3. The standard InChI is InChI=1S/C20H19FN2O4/c21-17-8-4-3-7-16(17)20(26)22-11-19(25)27-13-18(24)23-10-9-14-5-1-2-6-15(14)12-23/h1-8H,9-13H2,(H,22,26). The smallest absolute Gasteiger partial charge is 0.325 e. The maximum absolute atomic E-state index is 13.5. The van der Waals surface area contributed by atoms with Crippen LogP contribution in [0.1, 0.15) is 21.5 Å². The second-order valence-corrected chi connectivity index (χ2v) is 6.16. The van der Waals surface area contributed by atoms with E-state index < -0.39 is 30.8 Å². The number of hydrogen-bond donors (Lipinski definition) is 1. The van der Waals surface area contributed by atoms with Crippen LogP contribution in [-0.4, -0.2) is 42.4 Å². The summed E-state index contributed by atoms with van der Waals surface area (Å²) in [5.41, 5.74) is 2.14. The lowest BCUT2D eigenvalue weighted by Gasteiger charge is -2.28. The van der Waals surface area contributed by atoms with Crippen molar-refractivity contribution in [2.75, 3.05) is 19.7 Å². The molecule has 0 saturated heterocycles. The Morgan fingerprint density at radius 2 is 1.74 bits per heavy atom. The molecule has 1 heterocycles. The van der Waals surface area contributed by atoms with Gasteiger partial charge in [-0.1, -0.05) is 36.4 Å². The van der Waals surface area contributed by atoms with Gasteiger partial charge in [-0.3, -0.25) is 14.4 Å². The highest BCUT2D eigenvalue weighted by Crippen LogP contribution is 2.18. The zero-order valence-electron chi connectivity index (χ0n) is 14.6. The van der Waals surface area contributed by atoms with E-state index in [4.69, 9.17) is 4.74 Å². The van der Waals surface area contributed by atoms with Gasteiger partial charge in [0.25, 0.3) is 11.8 Å². The van der Waals surface area contributed by atoms with Gasteiger partial charge in [0.15, 0.2) is 6.61 Å².